The molecular formula is C20H22N2O2S. The number of amides is 2. The van der Waals surface area contributed by atoms with Gasteiger partial charge in [0.2, 0.25) is 5.91 Å². The smallest absolute Gasteiger partial charge is 0.286 e. The Kier molecular flexibility index (Phi) is 5.43. The lowest BCUT2D eigenvalue weighted by Gasteiger charge is -2.25. The molecule has 0 aromatic heterocycles. The fraction of sp³-hybridized carbons (Fsp3) is 0.300. The predicted molar refractivity (Wildman–Crippen MR) is 102 cm³/mol. The van der Waals surface area contributed by atoms with E-state index in [9.17, 15) is 9.59 Å². The molecule has 1 atom stereocenters. The third-order valence-corrected chi connectivity index (χ3v) is 5.51. The quantitative estimate of drug-likeness (QED) is 0.825. The van der Waals surface area contributed by atoms with E-state index in [0.717, 1.165) is 41.5 Å². The van der Waals surface area contributed by atoms with Gasteiger partial charge in [-0.1, -0.05) is 36.4 Å². The molecule has 1 unspecified atom stereocenters. The molecule has 0 heterocycles. The van der Waals surface area contributed by atoms with Crippen LogP contribution in [0, 0.1) is 0 Å². The highest BCUT2D eigenvalue weighted by molar-refractivity contribution is 8.13. The van der Waals surface area contributed by atoms with Crippen LogP contribution in [-0.4, -0.2) is 30.1 Å². The van der Waals surface area contributed by atoms with Crippen molar-refractivity contribution < 1.29 is 9.59 Å². The van der Waals surface area contributed by atoms with E-state index in [0.29, 0.717) is 5.69 Å². The van der Waals surface area contributed by atoms with E-state index in [1.807, 2.05) is 36.4 Å². The number of hydrogen-bond acceptors (Lipinski definition) is 3. The summed E-state index contributed by atoms with van der Waals surface area (Å²) < 4.78 is 0. The Hall–Kier alpha value is -2.27. The molecule has 0 radical (unpaired) electrons. The van der Waals surface area contributed by atoms with Gasteiger partial charge in [0, 0.05) is 19.0 Å². The third kappa shape index (κ3) is 4.04. The first-order chi connectivity index (χ1) is 12.1. The van der Waals surface area contributed by atoms with Crippen LogP contribution in [-0.2, 0) is 11.2 Å². The molecule has 1 N–H and O–H groups in total. The second kappa shape index (κ2) is 7.74. The molecule has 2 aromatic rings. The largest absolute Gasteiger partial charge is 0.339 e. The SMILES string of the molecule is CN(C)C(=O)Sc1ccccc1NC(=O)C1CCCc2ccccc21. The van der Waals surface area contributed by atoms with Gasteiger partial charge in [-0.25, -0.2) is 0 Å². The summed E-state index contributed by atoms with van der Waals surface area (Å²) in [5.41, 5.74) is 3.08. The fourth-order valence-corrected chi connectivity index (χ4v) is 3.84. The van der Waals surface area contributed by atoms with Gasteiger partial charge in [-0.05, 0) is 54.3 Å². The molecule has 0 spiro atoms. The molecule has 1 aliphatic rings. The molecule has 0 saturated heterocycles. The van der Waals surface area contributed by atoms with E-state index in [1.54, 1.807) is 14.1 Å². The molecule has 2 amide bonds. The lowest BCUT2D eigenvalue weighted by atomic mass is 9.82. The van der Waals surface area contributed by atoms with Crippen molar-refractivity contribution in [3.8, 4) is 0 Å². The van der Waals surface area contributed by atoms with Gasteiger partial charge in [-0.2, -0.15) is 0 Å². The molecule has 25 heavy (non-hydrogen) atoms. The van der Waals surface area contributed by atoms with Gasteiger partial charge in [0.15, 0.2) is 0 Å². The highest BCUT2D eigenvalue weighted by Crippen LogP contribution is 2.34. The molecule has 0 bridgehead atoms. The maximum Gasteiger partial charge on any atom is 0.286 e. The van der Waals surface area contributed by atoms with E-state index in [4.69, 9.17) is 0 Å². The molecule has 1 aliphatic carbocycles. The van der Waals surface area contributed by atoms with Crippen LogP contribution in [0.25, 0.3) is 0 Å². The van der Waals surface area contributed by atoms with Crippen molar-refractivity contribution in [1.82, 2.24) is 4.90 Å². The van der Waals surface area contributed by atoms with Gasteiger partial charge in [0.1, 0.15) is 0 Å². The summed E-state index contributed by atoms with van der Waals surface area (Å²) in [5, 5.41) is 2.97. The third-order valence-electron chi connectivity index (χ3n) is 4.39. The van der Waals surface area contributed by atoms with Gasteiger partial charge in [-0.3, -0.25) is 9.59 Å². The lowest BCUT2D eigenvalue weighted by molar-refractivity contribution is -0.117. The normalized spacial score (nSPS) is 16.0. The molecule has 0 fully saturated rings. The summed E-state index contributed by atoms with van der Waals surface area (Å²) in [6.45, 7) is 0. The van der Waals surface area contributed by atoms with Crippen molar-refractivity contribution in [2.75, 3.05) is 19.4 Å². The van der Waals surface area contributed by atoms with Crippen molar-refractivity contribution in [2.45, 2.75) is 30.1 Å². The van der Waals surface area contributed by atoms with E-state index in [2.05, 4.69) is 17.4 Å². The Morgan fingerprint density at radius 2 is 1.80 bits per heavy atom. The summed E-state index contributed by atoms with van der Waals surface area (Å²) in [6.07, 6.45) is 2.91. The number of thioether (sulfide) groups is 1. The number of hydrogen-bond donors (Lipinski definition) is 1. The highest BCUT2D eigenvalue weighted by atomic mass is 32.2. The van der Waals surface area contributed by atoms with E-state index in [-0.39, 0.29) is 17.1 Å². The highest BCUT2D eigenvalue weighted by Gasteiger charge is 2.26. The number of anilines is 1. The second-order valence-corrected chi connectivity index (χ2v) is 7.38. The Morgan fingerprint density at radius 1 is 1.08 bits per heavy atom. The molecule has 2 aromatic carbocycles. The average Bonchev–Trinajstić information content (AvgIpc) is 2.62. The maximum absolute atomic E-state index is 12.9. The van der Waals surface area contributed by atoms with Crippen LogP contribution in [0.4, 0.5) is 10.5 Å². The number of fused-ring (bicyclic) bond motifs is 1. The first-order valence-corrected chi connectivity index (χ1v) is 9.24. The Balaban J connectivity index is 1.79. The van der Waals surface area contributed by atoms with E-state index in [1.165, 1.54) is 10.5 Å². The maximum atomic E-state index is 12.9. The minimum atomic E-state index is -0.132. The van der Waals surface area contributed by atoms with Crippen LogP contribution >= 0.6 is 11.8 Å². The zero-order chi connectivity index (χ0) is 17.8. The van der Waals surface area contributed by atoms with Crippen LogP contribution in [0.2, 0.25) is 0 Å². The number of aryl methyl sites for hydroxylation is 1. The minimum absolute atomic E-state index is 0.00231. The van der Waals surface area contributed by atoms with E-state index < -0.39 is 0 Å². The molecule has 130 valence electrons. The number of nitrogens with one attached hydrogen (secondary N) is 1. The minimum Gasteiger partial charge on any atom is -0.339 e. The number of carbonyl (C=O) groups excluding carboxylic acids is 2. The number of benzene rings is 2. The van der Waals surface area contributed by atoms with Crippen LogP contribution in [0.1, 0.15) is 29.9 Å². The Labute approximate surface area is 152 Å². The number of para-hydroxylation sites is 1. The standard InChI is InChI=1S/C20H22N2O2S/c1-22(2)20(24)25-18-13-6-5-12-17(18)21-19(23)16-11-7-9-14-8-3-4-10-15(14)16/h3-6,8,10,12-13,16H,7,9,11H2,1-2H3,(H,21,23). The number of nitrogens with zero attached hydrogens (tertiary/aromatic N) is 1. The second-order valence-electron chi connectivity index (χ2n) is 6.39. The summed E-state index contributed by atoms with van der Waals surface area (Å²) in [7, 11) is 3.44. The molecule has 4 nitrogen and oxygen atoms in total. The van der Waals surface area contributed by atoms with Gasteiger partial charge >= 0.3 is 0 Å². The molecule has 3 rings (SSSR count). The molecule has 0 saturated carbocycles. The van der Waals surface area contributed by atoms with Gasteiger partial charge in [-0.15, -0.1) is 0 Å². The summed E-state index contributed by atoms with van der Waals surface area (Å²) >= 11 is 1.12. The number of rotatable bonds is 3. The molecule has 0 aliphatic heterocycles. The molecular weight excluding hydrogens is 332 g/mol. The first-order valence-electron chi connectivity index (χ1n) is 8.43. The lowest BCUT2D eigenvalue weighted by Crippen LogP contribution is -2.25. The fourth-order valence-electron chi connectivity index (χ4n) is 3.09. The Bertz CT molecular complexity index is 789. The zero-order valence-electron chi connectivity index (χ0n) is 14.5. The van der Waals surface area contributed by atoms with Crippen molar-refractivity contribution in [3.05, 3.63) is 59.7 Å². The monoisotopic (exact) mass is 354 g/mol. The van der Waals surface area contributed by atoms with Crippen LogP contribution < -0.4 is 5.32 Å². The number of carbonyl (C=O) groups is 2. The van der Waals surface area contributed by atoms with Crippen molar-refractivity contribution in [1.29, 1.82) is 0 Å². The van der Waals surface area contributed by atoms with Crippen molar-refractivity contribution >= 4 is 28.6 Å². The van der Waals surface area contributed by atoms with Gasteiger partial charge in [0.25, 0.3) is 5.24 Å². The Morgan fingerprint density at radius 3 is 2.60 bits per heavy atom. The van der Waals surface area contributed by atoms with E-state index >= 15 is 0 Å². The average molecular weight is 354 g/mol. The summed E-state index contributed by atoms with van der Waals surface area (Å²) in [5.74, 6) is -0.134. The first kappa shape index (κ1) is 17.5. The predicted octanol–water partition coefficient (Wildman–Crippen LogP) is 4.52. The van der Waals surface area contributed by atoms with Gasteiger partial charge in [0.05, 0.1) is 11.6 Å². The van der Waals surface area contributed by atoms with Crippen LogP contribution in [0.3, 0.4) is 0 Å². The van der Waals surface area contributed by atoms with Crippen LogP contribution in [0.5, 0.6) is 0 Å². The van der Waals surface area contributed by atoms with Gasteiger partial charge < -0.3 is 10.2 Å². The van der Waals surface area contributed by atoms with Crippen molar-refractivity contribution in [2.24, 2.45) is 0 Å². The molecule has 5 heteroatoms. The summed E-state index contributed by atoms with van der Waals surface area (Å²) in [4.78, 5) is 27.2. The van der Waals surface area contributed by atoms with Crippen molar-refractivity contribution in [3.63, 3.8) is 0 Å². The zero-order valence-corrected chi connectivity index (χ0v) is 15.3. The van der Waals surface area contributed by atoms with Crippen LogP contribution in [0.15, 0.2) is 53.4 Å². The topological polar surface area (TPSA) is 49.4 Å². The summed E-state index contributed by atoms with van der Waals surface area (Å²) in [6, 6.07) is 15.6.